The quantitative estimate of drug-likeness (QED) is 0.719. The van der Waals surface area contributed by atoms with Gasteiger partial charge in [-0.1, -0.05) is 17.7 Å². The summed E-state index contributed by atoms with van der Waals surface area (Å²) in [6.45, 7) is 6.50. The molecular formula is C20H28ClN3O3. The minimum atomic E-state index is -0.418. The van der Waals surface area contributed by atoms with E-state index in [0.29, 0.717) is 26.1 Å². The largest absolute Gasteiger partial charge is 0.464 e. The van der Waals surface area contributed by atoms with E-state index in [1.165, 1.54) is 0 Å². The number of nitrogens with zero attached hydrogens (tertiary/aromatic N) is 3. The summed E-state index contributed by atoms with van der Waals surface area (Å²) in [6.07, 6.45) is 2.61. The first-order valence-electron chi connectivity index (χ1n) is 9.77. The second kappa shape index (κ2) is 9.42. The number of amides is 1. The Morgan fingerprint density at radius 1 is 1.15 bits per heavy atom. The van der Waals surface area contributed by atoms with Crippen LogP contribution in [0.3, 0.4) is 0 Å². The predicted molar refractivity (Wildman–Crippen MR) is 106 cm³/mol. The third-order valence-electron chi connectivity index (χ3n) is 5.29. The second-order valence-corrected chi connectivity index (χ2v) is 7.53. The van der Waals surface area contributed by atoms with E-state index in [9.17, 15) is 9.59 Å². The molecule has 0 saturated carbocycles. The summed E-state index contributed by atoms with van der Waals surface area (Å²) in [6, 6.07) is 7.45. The standard InChI is InChI=1S/C20H28ClN3O3/c1-2-27-20(26)18-8-3-4-9-24(18)19(25)15-22-10-12-23(13-11-22)17-7-5-6-16(21)14-17/h5-7,14,18H,2-4,8-13,15H2,1H3/t18-/m1/s1. The highest BCUT2D eigenvalue weighted by atomic mass is 35.5. The number of rotatable bonds is 5. The normalized spacial score (nSPS) is 21.2. The topological polar surface area (TPSA) is 53.1 Å². The van der Waals surface area contributed by atoms with Crippen LogP contribution in [0.25, 0.3) is 0 Å². The summed E-state index contributed by atoms with van der Waals surface area (Å²) < 4.78 is 5.16. The van der Waals surface area contributed by atoms with Gasteiger partial charge < -0.3 is 14.5 Å². The average Bonchev–Trinajstić information content (AvgIpc) is 2.69. The summed E-state index contributed by atoms with van der Waals surface area (Å²) in [5, 5.41) is 0.736. The Bertz CT molecular complexity index is 662. The van der Waals surface area contributed by atoms with Crippen LogP contribution in [-0.4, -0.2) is 73.6 Å². The number of likely N-dealkylation sites (tertiary alicyclic amines) is 1. The van der Waals surface area contributed by atoms with Gasteiger partial charge in [-0.2, -0.15) is 0 Å². The van der Waals surface area contributed by atoms with E-state index in [4.69, 9.17) is 16.3 Å². The summed E-state index contributed by atoms with van der Waals surface area (Å²) in [5.41, 5.74) is 1.12. The molecule has 0 spiro atoms. The van der Waals surface area contributed by atoms with Crippen molar-refractivity contribution in [3.63, 3.8) is 0 Å². The van der Waals surface area contributed by atoms with Crippen LogP contribution in [0.4, 0.5) is 5.69 Å². The molecule has 6 nitrogen and oxygen atoms in total. The van der Waals surface area contributed by atoms with Crippen molar-refractivity contribution in [2.24, 2.45) is 0 Å². The van der Waals surface area contributed by atoms with Crippen LogP contribution >= 0.6 is 11.6 Å². The third kappa shape index (κ3) is 5.14. The highest BCUT2D eigenvalue weighted by molar-refractivity contribution is 6.30. The van der Waals surface area contributed by atoms with Gasteiger partial charge in [-0.25, -0.2) is 4.79 Å². The van der Waals surface area contributed by atoms with Crippen LogP contribution in [0.15, 0.2) is 24.3 Å². The molecule has 2 aliphatic rings. The minimum absolute atomic E-state index is 0.0314. The number of ether oxygens (including phenoxy) is 1. The van der Waals surface area contributed by atoms with E-state index in [1.54, 1.807) is 11.8 Å². The number of carbonyl (C=O) groups excluding carboxylic acids is 2. The van der Waals surface area contributed by atoms with Gasteiger partial charge in [-0.05, 0) is 44.4 Å². The Balaban J connectivity index is 1.53. The summed E-state index contributed by atoms with van der Waals surface area (Å²) >= 11 is 6.08. The molecule has 1 aromatic rings. The zero-order valence-electron chi connectivity index (χ0n) is 15.9. The number of halogens is 1. The molecule has 2 aliphatic heterocycles. The van der Waals surface area contributed by atoms with Crippen molar-refractivity contribution in [1.82, 2.24) is 9.80 Å². The number of benzene rings is 1. The lowest BCUT2D eigenvalue weighted by Gasteiger charge is -2.38. The molecule has 1 atom stereocenters. The van der Waals surface area contributed by atoms with E-state index in [0.717, 1.165) is 49.7 Å². The zero-order chi connectivity index (χ0) is 19.2. The Morgan fingerprint density at radius 3 is 2.63 bits per heavy atom. The maximum Gasteiger partial charge on any atom is 0.328 e. The van der Waals surface area contributed by atoms with Crippen LogP contribution in [0.5, 0.6) is 0 Å². The van der Waals surface area contributed by atoms with Crippen molar-refractivity contribution in [3.8, 4) is 0 Å². The molecule has 148 valence electrons. The highest BCUT2D eigenvalue weighted by Gasteiger charge is 2.34. The minimum Gasteiger partial charge on any atom is -0.464 e. The Kier molecular flexibility index (Phi) is 6.96. The molecule has 0 aromatic heterocycles. The SMILES string of the molecule is CCOC(=O)[C@H]1CCCCN1C(=O)CN1CCN(c2cccc(Cl)c2)CC1. The molecule has 0 N–H and O–H groups in total. The maximum atomic E-state index is 12.8. The van der Waals surface area contributed by atoms with Crippen molar-refractivity contribution in [1.29, 1.82) is 0 Å². The van der Waals surface area contributed by atoms with Crippen molar-refractivity contribution in [2.75, 3.05) is 50.8 Å². The molecule has 2 fully saturated rings. The average molecular weight is 394 g/mol. The molecular weight excluding hydrogens is 366 g/mol. The monoisotopic (exact) mass is 393 g/mol. The fourth-order valence-corrected chi connectivity index (χ4v) is 4.02. The molecule has 0 aliphatic carbocycles. The first kappa shape index (κ1) is 20.0. The number of carbonyl (C=O) groups is 2. The zero-order valence-corrected chi connectivity index (χ0v) is 16.7. The smallest absolute Gasteiger partial charge is 0.328 e. The number of hydrogen-bond acceptors (Lipinski definition) is 5. The second-order valence-electron chi connectivity index (χ2n) is 7.09. The number of esters is 1. The summed E-state index contributed by atoms with van der Waals surface area (Å²) in [4.78, 5) is 31.2. The van der Waals surface area contributed by atoms with Gasteiger partial charge in [-0.15, -0.1) is 0 Å². The van der Waals surface area contributed by atoms with Gasteiger partial charge in [0, 0.05) is 43.4 Å². The fourth-order valence-electron chi connectivity index (χ4n) is 3.83. The Hall–Kier alpha value is -1.79. The Labute approximate surface area is 166 Å². The molecule has 2 saturated heterocycles. The molecule has 1 aromatic carbocycles. The van der Waals surface area contributed by atoms with Crippen molar-refractivity contribution in [3.05, 3.63) is 29.3 Å². The maximum absolute atomic E-state index is 12.8. The fraction of sp³-hybridized carbons (Fsp3) is 0.600. The van der Waals surface area contributed by atoms with E-state index in [2.05, 4.69) is 15.9 Å². The van der Waals surface area contributed by atoms with Gasteiger partial charge in [0.25, 0.3) is 0 Å². The summed E-state index contributed by atoms with van der Waals surface area (Å²) in [7, 11) is 0. The lowest BCUT2D eigenvalue weighted by Crippen LogP contribution is -2.54. The van der Waals surface area contributed by atoms with Gasteiger partial charge >= 0.3 is 5.97 Å². The van der Waals surface area contributed by atoms with E-state index >= 15 is 0 Å². The van der Waals surface area contributed by atoms with Gasteiger partial charge in [-0.3, -0.25) is 9.69 Å². The van der Waals surface area contributed by atoms with Crippen LogP contribution in [0, 0.1) is 0 Å². The number of anilines is 1. The lowest BCUT2D eigenvalue weighted by atomic mass is 10.0. The molecule has 0 bridgehead atoms. The molecule has 0 radical (unpaired) electrons. The number of hydrogen-bond donors (Lipinski definition) is 0. The van der Waals surface area contributed by atoms with Crippen molar-refractivity contribution in [2.45, 2.75) is 32.2 Å². The van der Waals surface area contributed by atoms with Gasteiger partial charge in [0.05, 0.1) is 13.2 Å². The van der Waals surface area contributed by atoms with Gasteiger partial charge in [0.1, 0.15) is 6.04 Å². The molecule has 7 heteroatoms. The summed E-state index contributed by atoms with van der Waals surface area (Å²) in [5.74, 6) is -0.236. The van der Waals surface area contributed by atoms with Gasteiger partial charge in [0.15, 0.2) is 0 Å². The van der Waals surface area contributed by atoms with E-state index in [-0.39, 0.29) is 11.9 Å². The van der Waals surface area contributed by atoms with Crippen LogP contribution in [0.2, 0.25) is 5.02 Å². The van der Waals surface area contributed by atoms with E-state index < -0.39 is 6.04 Å². The third-order valence-corrected chi connectivity index (χ3v) is 5.52. The number of piperidine rings is 1. The van der Waals surface area contributed by atoms with Gasteiger partial charge in [0.2, 0.25) is 5.91 Å². The first-order chi connectivity index (χ1) is 13.1. The lowest BCUT2D eigenvalue weighted by molar-refractivity contribution is -0.157. The van der Waals surface area contributed by atoms with Crippen LogP contribution in [-0.2, 0) is 14.3 Å². The molecule has 27 heavy (non-hydrogen) atoms. The van der Waals surface area contributed by atoms with Crippen molar-refractivity contribution >= 4 is 29.2 Å². The van der Waals surface area contributed by atoms with Crippen LogP contribution < -0.4 is 4.90 Å². The molecule has 1 amide bonds. The van der Waals surface area contributed by atoms with E-state index in [1.807, 2.05) is 18.2 Å². The molecule has 0 unspecified atom stereocenters. The van der Waals surface area contributed by atoms with Crippen molar-refractivity contribution < 1.29 is 14.3 Å². The first-order valence-corrected chi connectivity index (χ1v) is 10.1. The predicted octanol–water partition coefficient (Wildman–Crippen LogP) is 2.41. The Morgan fingerprint density at radius 2 is 1.93 bits per heavy atom. The highest BCUT2D eigenvalue weighted by Crippen LogP contribution is 2.22. The van der Waals surface area contributed by atoms with Crippen LogP contribution in [0.1, 0.15) is 26.2 Å². The molecule has 2 heterocycles. The number of piperazine rings is 1. The molecule has 3 rings (SSSR count).